The van der Waals surface area contributed by atoms with E-state index in [1.807, 2.05) is 0 Å². The lowest BCUT2D eigenvalue weighted by atomic mass is 10.2. The SMILES string of the molecule is O=S1(=O)NCN(CCF)c2cc(F)cc(F)c21. The summed E-state index contributed by atoms with van der Waals surface area (Å²) in [6.07, 6.45) is 0. The molecule has 1 aliphatic rings. The smallest absolute Gasteiger partial charge is 0.247 e. The number of nitrogens with zero attached hydrogens (tertiary/aromatic N) is 1. The molecule has 0 aliphatic carbocycles. The fraction of sp³-hybridized carbons (Fsp3) is 0.333. The molecule has 1 aliphatic heterocycles. The molecule has 0 saturated carbocycles. The van der Waals surface area contributed by atoms with Gasteiger partial charge in [0.05, 0.1) is 12.4 Å². The first-order valence-corrected chi connectivity index (χ1v) is 6.23. The molecule has 4 nitrogen and oxygen atoms in total. The largest absolute Gasteiger partial charge is 0.354 e. The van der Waals surface area contributed by atoms with Gasteiger partial charge in [-0.3, -0.25) is 0 Å². The highest BCUT2D eigenvalue weighted by Crippen LogP contribution is 2.31. The number of nitrogens with one attached hydrogen (secondary N) is 1. The number of halogens is 3. The lowest BCUT2D eigenvalue weighted by Gasteiger charge is -2.30. The number of hydrogen-bond acceptors (Lipinski definition) is 3. The van der Waals surface area contributed by atoms with Gasteiger partial charge in [-0.1, -0.05) is 0 Å². The minimum absolute atomic E-state index is 0.140. The Hall–Kier alpha value is -1.28. The molecule has 0 fully saturated rings. The number of benzene rings is 1. The van der Waals surface area contributed by atoms with Crippen molar-refractivity contribution in [2.24, 2.45) is 0 Å². The molecule has 8 heteroatoms. The zero-order valence-electron chi connectivity index (χ0n) is 8.58. The van der Waals surface area contributed by atoms with E-state index < -0.39 is 33.2 Å². The van der Waals surface area contributed by atoms with Gasteiger partial charge >= 0.3 is 0 Å². The number of anilines is 1. The highest BCUT2D eigenvalue weighted by molar-refractivity contribution is 7.89. The Labute approximate surface area is 96.1 Å². The third-order valence-corrected chi connectivity index (χ3v) is 3.85. The van der Waals surface area contributed by atoms with Crippen LogP contribution in [0.15, 0.2) is 17.0 Å². The maximum Gasteiger partial charge on any atom is 0.247 e. The summed E-state index contributed by atoms with van der Waals surface area (Å²) in [5, 5.41) is 0. The van der Waals surface area contributed by atoms with E-state index in [4.69, 9.17) is 0 Å². The molecule has 94 valence electrons. The average molecular weight is 266 g/mol. The summed E-state index contributed by atoms with van der Waals surface area (Å²) in [5.74, 6) is -2.08. The van der Waals surface area contributed by atoms with Crippen LogP contribution >= 0.6 is 0 Å². The molecule has 0 saturated heterocycles. The van der Waals surface area contributed by atoms with Crippen LogP contribution in [0.25, 0.3) is 0 Å². The van der Waals surface area contributed by atoms with Gasteiger partial charge in [-0.25, -0.2) is 21.6 Å². The molecule has 0 bridgehead atoms. The van der Waals surface area contributed by atoms with Crippen molar-refractivity contribution < 1.29 is 21.6 Å². The van der Waals surface area contributed by atoms with Gasteiger partial charge in [0.15, 0.2) is 0 Å². The molecule has 0 aromatic heterocycles. The lowest BCUT2D eigenvalue weighted by Crippen LogP contribution is -2.44. The maximum atomic E-state index is 13.5. The predicted octanol–water partition coefficient (Wildman–Crippen LogP) is 0.990. The van der Waals surface area contributed by atoms with Gasteiger partial charge in [0.1, 0.15) is 23.2 Å². The number of alkyl halides is 1. The molecule has 0 radical (unpaired) electrons. The second-order valence-electron chi connectivity index (χ2n) is 3.49. The Morgan fingerprint density at radius 2 is 2.06 bits per heavy atom. The number of fused-ring (bicyclic) bond motifs is 1. The normalized spacial score (nSPS) is 17.9. The van der Waals surface area contributed by atoms with Crippen LogP contribution < -0.4 is 9.62 Å². The molecule has 0 spiro atoms. The summed E-state index contributed by atoms with van der Waals surface area (Å²) in [5.41, 5.74) is -0.154. The molecular weight excluding hydrogens is 257 g/mol. The summed E-state index contributed by atoms with van der Waals surface area (Å²) in [7, 11) is -4.00. The van der Waals surface area contributed by atoms with Crippen LogP contribution in [0.2, 0.25) is 0 Å². The Morgan fingerprint density at radius 1 is 1.35 bits per heavy atom. The van der Waals surface area contributed by atoms with E-state index in [-0.39, 0.29) is 18.9 Å². The molecule has 17 heavy (non-hydrogen) atoms. The quantitative estimate of drug-likeness (QED) is 0.868. The highest BCUT2D eigenvalue weighted by Gasteiger charge is 2.31. The first kappa shape index (κ1) is 12.2. The Bertz CT molecular complexity index is 547. The van der Waals surface area contributed by atoms with Crippen LogP contribution in [-0.2, 0) is 10.0 Å². The van der Waals surface area contributed by atoms with Crippen LogP contribution in [0.3, 0.4) is 0 Å². The average Bonchev–Trinajstić information content (AvgIpc) is 2.21. The third-order valence-electron chi connectivity index (χ3n) is 2.40. The van der Waals surface area contributed by atoms with Crippen molar-refractivity contribution >= 4 is 15.7 Å². The number of rotatable bonds is 2. The van der Waals surface area contributed by atoms with Crippen LogP contribution in [-0.4, -0.2) is 28.3 Å². The van der Waals surface area contributed by atoms with Gasteiger partial charge in [-0.2, -0.15) is 4.72 Å². The molecule has 1 N–H and O–H groups in total. The van der Waals surface area contributed by atoms with Crippen molar-refractivity contribution in [3.05, 3.63) is 23.8 Å². The van der Waals surface area contributed by atoms with Gasteiger partial charge in [-0.15, -0.1) is 0 Å². The molecular formula is C9H9F3N2O2S. The summed E-state index contributed by atoms with van der Waals surface area (Å²) in [6, 6.07) is 1.36. The summed E-state index contributed by atoms with van der Waals surface area (Å²) >= 11 is 0. The van der Waals surface area contributed by atoms with E-state index in [1.165, 1.54) is 4.90 Å². The van der Waals surface area contributed by atoms with Crippen LogP contribution in [0.1, 0.15) is 0 Å². The van der Waals surface area contributed by atoms with Crippen molar-refractivity contribution in [1.29, 1.82) is 0 Å². The zero-order valence-corrected chi connectivity index (χ0v) is 9.40. The highest BCUT2D eigenvalue weighted by atomic mass is 32.2. The summed E-state index contributed by atoms with van der Waals surface area (Å²) in [6.45, 7) is -1.10. The van der Waals surface area contributed by atoms with Gasteiger partial charge in [0.25, 0.3) is 0 Å². The van der Waals surface area contributed by atoms with Crippen molar-refractivity contribution in [3.63, 3.8) is 0 Å². The first-order valence-electron chi connectivity index (χ1n) is 4.75. The van der Waals surface area contributed by atoms with Crippen molar-refractivity contribution in [3.8, 4) is 0 Å². The Kier molecular flexibility index (Phi) is 3.00. The van der Waals surface area contributed by atoms with Gasteiger partial charge < -0.3 is 4.90 Å². The summed E-state index contributed by atoms with van der Waals surface area (Å²) in [4.78, 5) is 0.585. The van der Waals surface area contributed by atoms with E-state index >= 15 is 0 Å². The standard InChI is InChI=1S/C9H9F3N2O2S/c10-1-2-14-5-13-17(15,16)9-7(12)3-6(11)4-8(9)14/h3-4,13H,1-2,5H2. The fourth-order valence-electron chi connectivity index (χ4n) is 1.67. The summed E-state index contributed by atoms with van der Waals surface area (Å²) < 4.78 is 64.0. The topological polar surface area (TPSA) is 49.4 Å². The second kappa shape index (κ2) is 4.19. The zero-order chi connectivity index (χ0) is 12.6. The van der Waals surface area contributed by atoms with Crippen LogP contribution in [0.4, 0.5) is 18.9 Å². The number of sulfonamides is 1. The van der Waals surface area contributed by atoms with Crippen molar-refractivity contribution in [1.82, 2.24) is 4.72 Å². The lowest BCUT2D eigenvalue weighted by molar-refractivity contribution is 0.478. The molecule has 2 rings (SSSR count). The van der Waals surface area contributed by atoms with Crippen molar-refractivity contribution in [2.75, 3.05) is 24.8 Å². The van der Waals surface area contributed by atoms with Crippen LogP contribution in [0, 0.1) is 11.6 Å². The number of hydrogen-bond donors (Lipinski definition) is 1. The van der Waals surface area contributed by atoms with Gasteiger partial charge in [0.2, 0.25) is 10.0 Å². The van der Waals surface area contributed by atoms with Gasteiger partial charge in [0, 0.05) is 12.6 Å². The maximum absolute atomic E-state index is 13.5. The predicted molar refractivity (Wildman–Crippen MR) is 54.9 cm³/mol. The minimum Gasteiger partial charge on any atom is -0.354 e. The van der Waals surface area contributed by atoms with E-state index in [0.717, 1.165) is 6.07 Å². The van der Waals surface area contributed by atoms with Crippen molar-refractivity contribution in [2.45, 2.75) is 4.90 Å². The van der Waals surface area contributed by atoms with E-state index in [0.29, 0.717) is 6.07 Å². The minimum atomic E-state index is -4.00. The molecule has 0 atom stereocenters. The van der Waals surface area contributed by atoms with Crippen LogP contribution in [0.5, 0.6) is 0 Å². The Morgan fingerprint density at radius 3 is 2.71 bits per heavy atom. The third kappa shape index (κ3) is 2.09. The Balaban J connectivity index is 2.64. The molecule has 1 heterocycles. The molecule has 0 amide bonds. The first-order chi connectivity index (χ1) is 7.95. The second-order valence-corrected chi connectivity index (χ2v) is 5.20. The fourth-order valence-corrected chi connectivity index (χ4v) is 2.92. The monoisotopic (exact) mass is 266 g/mol. The molecule has 1 aromatic rings. The van der Waals surface area contributed by atoms with E-state index in [2.05, 4.69) is 4.72 Å². The molecule has 0 unspecified atom stereocenters. The van der Waals surface area contributed by atoms with Gasteiger partial charge in [-0.05, 0) is 6.07 Å². The van der Waals surface area contributed by atoms with E-state index in [1.54, 1.807) is 0 Å². The molecule has 1 aromatic carbocycles. The van der Waals surface area contributed by atoms with E-state index in [9.17, 15) is 21.6 Å².